The van der Waals surface area contributed by atoms with Crippen molar-refractivity contribution in [1.82, 2.24) is 5.43 Å². The number of carbonyl (C=O) groups excluding carboxylic acids is 1. The Bertz CT molecular complexity index is 404. The minimum atomic E-state index is -0.719. The average molecular weight is 223 g/mol. The molecule has 1 aromatic carbocycles. The number of urea groups is 1. The summed E-state index contributed by atoms with van der Waals surface area (Å²) in [5.74, 6) is 1.27. The van der Waals surface area contributed by atoms with E-state index < -0.39 is 6.03 Å². The summed E-state index contributed by atoms with van der Waals surface area (Å²) in [4.78, 5) is 10.4. The van der Waals surface area contributed by atoms with Crippen molar-refractivity contribution in [3.05, 3.63) is 23.8 Å². The third kappa shape index (κ3) is 3.16. The fourth-order valence-corrected chi connectivity index (χ4v) is 1.09. The van der Waals surface area contributed by atoms with Crippen LogP contribution in [0.3, 0.4) is 0 Å². The van der Waals surface area contributed by atoms with Crippen LogP contribution < -0.4 is 20.6 Å². The van der Waals surface area contributed by atoms with E-state index in [-0.39, 0.29) is 0 Å². The van der Waals surface area contributed by atoms with Crippen LogP contribution in [0.2, 0.25) is 0 Å². The summed E-state index contributed by atoms with van der Waals surface area (Å²) in [6, 6.07) is 4.51. The molecule has 6 nitrogen and oxygen atoms in total. The van der Waals surface area contributed by atoms with Gasteiger partial charge in [0.15, 0.2) is 0 Å². The van der Waals surface area contributed by atoms with Crippen LogP contribution in [-0.2, 0) is 0 Å². The van der Waals surface area contributed by atoms with E-state index in [1.165, 1.54) is 13.3 Å². The fraction of sp³-hybridized carbons (Fsp3) is 0.200. The number of benzene rings is 1. The number of ether oxygens (including phenoxy) is 2. The lowest BCUT2D eigenvalue weighted by atomic mass is 10.2. The lowest BCUT2D eigenvalue weighted by Gasteiger charge is -2.06. The van der Waals surface area contributed by atoms with Crippen molar-refractivity contribution in [2.24, 2.45) is 10.8 Å². The summed E-state index contributed by atoms with van der Waals surface area (Å²) in [5.41, 5.74) is 7.66. The molecule has 86 valence electrons. The molecule has 0 unspecified atom stereocenters. The summed E-state index contributed by atoms with van der Waals surface area (Å²) in [6.07, 6.45) is 1.43. The molecule has 0 aliphatic rings. The van der Waals surface area contributed by atoms with Crippen LogP contribution in [0.25, 0.3) is 0 Å². The summed E-state index contributed by atoms with van der Waals surface area (Å²) in [6.45, 7) is 0. The molecule has 0 saturated heterocycles. The number of nitrogens with one attached hydrogen (secondary N) is 1. The van der Waals surface area contributed by atoms with Crippen LogP contribution >= 0.6 is 0 Å². The highest BCUT2D eigenvalue weighted by Crippen LogP contribution is 2.22. The van der Waals surface area contributed by atoms with E-state index >= 15 is 0 Å². The predicted octanol–water partition coefficient (Wildman–Crippen LogP) is 0.706. The Labute approximate surface area is 93.0 Å². The van der Waals surface area contributed by atoms with Gasteiger partial charge >= 0.3 is 6.03 Å². The molecule has 0 atom stereocenters. The predicted molar refractivity (Wildman–Crippen MR) is 59.9 cm³/mol. The number of primary amides is 1. The minimum absolute atomic E-state index is 0.592. The van der Waals surface area contributed by atoms with Crippen molar-refractivity contribution < 1.29 is 14.3 Å². The number of carbonyl (C=O) groups is 1. The van der Waals surface area contributed by atoms with E-state index in [9.17, 15) is 4.79 Å². The highest BCUT2D eigenvalue weighted by atomic mass is 16.5. The first-order valence-electron chi connectivity index (χ1n) is 4.48. The van der Waals surface area contributed by atoms with Gasteiger partial charge in [-0.15, -0.1) is 0 Å². The van der Waals surface area contributed by atoms with Crippen LogP contribution in [0.5, 0.6) is 11.5 Å². The van der Waals surface area contributed by atoms with E-state index in [0.29, 0.717) is 17.1 Å². The first-order valence-corrected chi connectivity index (χ1v) is 4.48. The van der Waals surface area contributed by atoms with E-state index in [1.54, 1.807) is 25.3 Å². The summed E-state index contributed by atoms with van der Waals surface area (Å²) >= 11 is 0. The van der Waals surface area contributed by atoms with Crippen molar-refractivity contribution in [1.29, 1.82) is 0 Å². The third-order valence-corrected chi connectivity index (χ3v) is 1.82. The topological polar surface area (TPSA) is 85.9 Å². The highest BCUT2D eigenvalue weighted by Gasteiger charge is 2.02. The van der Waals surface area contributed by atoms with Crippen LogP contribution in [-0.4, -0.2) is 26.5 Å². The Morgan fingerprint density at radius 3 is 2.75 bits per heavy atom. The Morgan fingerprint density at radius 2 is 2.19 bits per heavy atom. The fourth-order valence-electron chi connectivity index (χ4n) is 1.09. The zero-order chi connectivity index (χ0) is 12.0. The van der Waals surface area contributed by atoms with Gasteiger partial charge in [0.1, 0.15) is 11.5 Å². The molecule has 0 aliphatic heterocycles. The van der Waals surface area contributed by atoms with Crippen LogP contribution in [0, 0.1) is 0 Å². The Morgan fingerprint density at radius 1 is 1.44 bits per heavy atom. The van der Waals surface area contributed by atoms with Gasteiger partial charge < -0.3 is 15.2 Å². The van der Waals surface area contributed by atoms with E-state index in [0.717, 1.165) is 0 Å². The number of methoxy groups -OCH3 is 2. The molecule has 0 bridgehead atoms. The number of hydrogen-bond donors (Lipinski definition) is 2. The molecule has 16 heavy (non-hydrogen) atoms. The van der Waals surface area contributed by atoms with E-state index in [4.69, 9.17) is 15.2 Å². The second-order valence-electron chi connectivity index (χ2n) is 2.84. The second kappa shape index (κ2) is 5.59. The van der Waals surface area contributed by atoms with Gasteiger partial charge in [-0.2, -0.15) is 5.10 Å². The lowest BCUT2D eigenvalue weighted by molar-refractivity contribution is 0.249. The molecule has 0 heterocycles. The molecular formula is C10H13N3O3. The maximum absolute atomic E-state index is 10.4. The maximum atomic E-state index is 10.4. The molecule has 0 fully saturated rings. The van der Waals surface area contributed by atoms with Gasteiger partial charge in [-0.1, -0.05) is 0 Å². The van der Waals surface area contributed by atoms with Crippen molar-refractivity contribution in [2.75, 3.05) is 14.2 Å². The standard InChI is InChI=1S/C10H13N3O3/c1-15-8-4-3-7(9(5-8)16-2)6-12-13-10(11)14/h3-6H,1-2H3,(H3,11,13,14)/b12-6+. The Hall–Kier alpha value is -2.24. The van der Waals surface area contributed by atoms with E-state index in [2.05, 4.69) is 10.5 Å². The normalized spacial score (nSPS) is 10.1. The van der Waals surface area contributed by atoms with Gasteiger partial charge in [-0.25, -0.2) is 10.2 Å². The smallest absolute Gasteiger partial charge is 0.332 e. The third-order valence-electron chi connectivity index (χ3n) is 1.82. The Kier molecular flexibility index (Phi) is 4.14. The maximum Gasteiger partial charge on any atom is 0.332 e. The quantitative estimate of drug-likeness (QED) is 0.582. The van der Waals surface area contributed by atoms with Crippen molar-refractivity contribution in [2.45, 2.75) is 0 Å². The molecule has 0 saturated carbocycles. The number of nitrogens with two attached hydrogens (primary N) is 1. The monoisotopic (exact) mass is 223 g/mol. The van der Waals surface area contributed by atoms with Crippen LogP contribution in [0.4, 0.5) is 4.79 Å². The molecule has 0 aliphatic carbocycles. The van der Waals surface area contributed by atoms with Crippen molar-refractivity contribution >= 4 is 12.2 Å². The number of rotatable bonds is 4. The number of hydrazone groups is 1. The van der Waals surface area contributed by atoms with Gasteiger partial charge in [0.25, 0.3) is 0 Å². The number of nitrogens with zero attached hydrogens (tertiary/aromatic N) is 1. The number of amides is 2. The first-order chi connectivity index (χ1) is 7.67. The molecular weight excluding hydrogens is 210 g/mol. The molecule has 0 radical (unpaired) electrons. The van der Waals surface area contributed by atoms with Gasteiger partial charge in [0.2, 0.25) is 0 Å². The summed E-state index contributed by atoms with van der Waals surface area (Å²) < 4.78 is 10.2. The van der Waals surface area contributed by atoms with Gasteiger partial charge in [0.05, 0.1) is 20.4 Å². The van der Waals surface area contributed by atoms with Crippen LogP contribution in [0.1, 0.15) is 5.56 Å². The van der Waals surface area contributed by atoms with Crippen molar-refractivity contribution in [3.8, 4) is 11.5 Å². The van der Waals surface area contributed by atoms with Gasteiger partial charge in [-0.05, 0) is 12.1 Å². The average Bonchev–Trinajstić information content (AvgIpc) is 2.29. The molecule has 1 rings (SSSR count). The van der Waals surface area contributed by atoms with E-state index in [1.807, 2.05) is 0 Å². The van der Waals surface area contributed by atoms with Gasteiger partial charge in [0, 0.05) is 11.6 Å². The van der Waals surface area contributed by atoms with Crippen LogP contribution in [0.15, 0.2) is 23.3 Å². The molecule has 0 aromatic heterocycles. The zero-order valence-electron chi connectivity index (χ0n) is 9.06. The Balaban J connectivity index is 2.87. The second-order valence-corrected chi connectivity index (χ2v) is 2.84. The SMILES string of the molecule is COc1ccc(/C=N/NC(N)=O)c(OC)c1. The lowest BCUT2D eigenvalue weighted by Crippen LogP contribution is -2.24. The number of hydrogen-bond acceptors (Lipinski definition) is 4. The largest absolute Gasteiger partial charge is 0.497 e. The highest BCUT2D eigenvalue weighted by molar-refractivity contribution is 5.85. The first kappa shape index (κ1) is 11.8. The van der Waals surface area contributed by atoms with Crippen molar-refractivity contribution in [3.63, 3.8) is 0 Å². The van der Waals surface area contributed by atoms with Gasteiger partial charge in [-0.3, -0.25) is 0 Å². The molecule has 2 amide bonds. The summed E-state index contributed by atoms with van der Waals surface area (Å²) in [7, 11) is 3.10. The summed E-state index contributed by atoms with van der Waals surface area (Å²) in [5, 5.41) is 3.63. The molecule has 3 N–H and O–H groups in total. The minimum Gasteiger partial charge on any atom is -0.497 e. The molecule has 6 heteroatoms. The molecule has 0 spiro atoms. The zero-order valence-corrected chi connectivity index (χ0v) is 9.06. The molecule has 1 aromatic rings.